The van der Waals surface area contributed by atoms with Crippen LogP contribution in [-0.4, -0.2) is 4.98 Å². The summed E-state index contributed by atoms with van der Waals surface area (Å²) in [5.74, 6) is 3.58. The largest absolute Gasteiger partial charge is 0.245 e. The van der Waals surface area contributed by atoms with E-state index in [1.165, 1.54) is 49.8 Å². The molecule has 27 heavy (non-hydrogen) atoms. The second-order valence-corrected chi connectivity index (χ2v) is 10.7. The monoisotopic (exact) mass is 438 g/mol. The van der Waals surface area contributed by atoms with Crippen molar-refractivity contribution in [2.75, 3.05) is 0 Å². The van der Waals surface area contributed by atoms with Crippen molar-refractivity contribution in [2.24, 2.45) is 17.8 Å². The number of hydrogen-bond acceptors (Lipinski definition) is 3. The minimum atomic E-state index is 0.287. The second-order valence-electron chi connectivity index (χ2n) is 8.77. The van der Waals surface area contributed by atoms with Crippen LogP contribution in [0.1, 0.15) is 55.3 Å². The van der Waals surface area contributed by atoms with Gasteiger partial charge < -0.3 is 0 Å². The number of nitrogens with zero attached hydrogens (tertiary/aromatic N) is 2. The Morgan fingerprint density at radius 1 is 1.00 bits per heavy atom. The Hall–Kier alpha value is -1.31. The molecule has 0 radical (unpaired) electrons. The minimum absolute atomic E-state index is 0.287. The van der Waals surface area contributed by atoms with Gasteiger partial charge in [-0.2, -0.15) is 5.26 Å². The fraction of sp³-hybridized carbons (Fsp3) is 0.478. The highest BCUT2D eigenvalue weighted by atomic mass is 79.9. The predicted molar refractivity (Wildman–Crippen MR) is 113 cm³/mol. The molecule has 1 aromatic heterocycles. The molecule has 4 fully saturated rings. The number of aromatic nitrogens is 1. The number of nitriles is 1. The first-order chi connectivity index (χ1) is 13.1. The lowest BCUT2D eigenvalue weighted by Gasteiger charge is -2.56. The first kappa shape index (κ1) is 17.8. The van der Waals surface area contributed by atoms with Crippen molar-refractivity contribution < 1.29 is 0 Å². The van der Waals surface area contributed by atoms with Gasteiger partial charge in [0, 0.05) is 21.3 Å². The molecule has 0 spiro atoms. The Balaban J connectivity index is 1.42. The molecule has 0 unspecified atom stereocenters. The quantitative estimate of drug-likeness (QED) is 0.512. The third-order valence-corrected chi connectivity index (χ3v) is 8.44. The summed E-state index contributed by atoms with van der Waals surface area (Å²) in [4.78, 5) is 5.10. The van der Waals surface area contributed by atoms with E-state index >= 15 is 0 Å². The lowest BCUT2D eigenvalue weighted by atomic mass is 9.49. The van der Waals surface area contributed by atoms with E-state index in [2.05, 4.69) is 52.3 Å². The lowest BCUT2D eigenvalue weighted by Crippen LogP contribution is -2.49. The maximum atomic E-state index is 9.57. The summed E-state index contributed by atoms with van der Waals surface area (Å²) in [6.45, 7) is 0. The maximum absolute atomic E-state index is 9.57. The Kier molecular flexibility index (Phi) is 4.57. The molecule has 0 aliphatic heterocycles. The van der Waals surface area contributed by atoms with Crippen molar-refractivity contribution in [1.29, 1.82) is 5.26 Å². The zero-order valence-electron chi connectivity index (χ0n) is 15.3. The highest BCUT2D eigenvalue weighted by Crippen LogP contribution is 2.60. The predicted octanol–water partition coefficient (Wildman–Crippen LogP) is 6.48. The van der Waals surface area contributed by atoms with Crippen molar-refractivity contribution >= 4 is 27.7 Å². The molecule has 2 nitrogen and oxygen atoms in total. The highest BCUT2D eigenvalue weighted by molar-refractivity contribution is 9.10. The fourth-order valence-corrected chi connectivity index (χ4v) is 7.28. The van der Waals surface area contributed by atoms with Gasteiger partial charge in [0.2, 0.25) is 0 Å². The average molecular weight is 439 g/mol. The molecule has 6 rings (SSSR count). The number of halogens is 1. The molecular formula is C23H23BrN2S. The van der Waals surface area contributed by atoms with E-state index in [1.54, 1.807) is 11.8 Å². The Labute approximate surface area is 173 Å². The number of thioether (sulfide) groups is 1. The first-order valence-corrected chi connectivity index (χ1v) is 11.7. The molecule has 4 aliphatic rings. The summed E-state index contributed by atoms with van der Waals surface area (Å²) in [5, 5.41) is 10.5. The zero-order chi connectivity index (χ0) is 18.4. The zero-order valence-corrected chi connectivity index (χ0v) is 17.7. The normalized spacial score (nSPS) is 31.0. The molecule has 0 N–H and O–H groups in total. The molecule has 1 heterocycles. The third kappa shape index (κ3) is 3.34. The van der Waals surface area contributed by atoms with Gasteiger partial charge in [-0.25, -0.2) is 4.98 Å². The van der Waals surface area contributed by atoms with Crippen molar-refractivity contribution in [3.8, 4) is 6.07 Å². The molecule has 1 aromatic carbocycles. The summed E-state index contributed by atoms with van der Waals surface area (Å²) in [7, 11) is 0. The Bertz CT molecular complexity index is 864. The molecule has 138 valence electrons. The SMILES string of the molecule is N#Cc1ccc(C23CC4CC(CC(C4)C2)C3)nc1SCc1ccc(Br)cc1. The van der Waals surface area contributed by atoms with Crippen LogP contribution in [0.3, 0.4) is 0 Å². The lowest BCUT2D eigenvalue weighted by molar-refractivity contribution is -0.00744. The van der Waals surface area contributed by atoms with Gasteiger partial charge >= 0.3 is 0 Å². The van der Waals surface area contributed by atoms with E-state index < -0.39 is 0 Å². The first-order valence-electron chi connectivity index (χ1n) is 9.92. The van der Waals surface area contributed by atoms with Crippen LogP contribution < -0.4 is 0 Å². The molecular weight excluding hydrogens is 416 g/mol. The van der Waals surface area contributed by atoms with Crippen molar-refractivity contribution in [2.45, 2.75) is 54.7 Å². The molecule has 4 heteroatoms. The molecule has 0 saturated heterocycles. The standard InChI is InChI=1S/C23H23BrN2S/c24-20-4-1-15(2-5-20)14-27-22-19(13-25)3-6-21(26-22)23-10-16-7-17(11-23)9-18(8-16)12-23/h1-6,16-18H,7-12,14H2. The summed E-state index contributed by atoms with van der Waals surface area (Å²) in [5.41, 5.74) is 3.52. The summed E-state index contributed by atoms with van der Waals surface area (Å²) in [6, 6.07) is 14.9. The van der Waals surface area contributed by atoms with Crippen LogP contribution in [0, 0.1) is 29.1 Å². The van der Waals surface area contributed by atoms with E-state index in [1.807, 2.05) is 6.07 Å². The Morgan fingerprint density at radius 2 is 1.63 bits per heavy atom. The summed E-state index contributed by atoms with van der Waals surface area (Å²) < 4.78 is 1.09. The number of rotatable bonds is 4. The number of benzene rings is 1. The van der Waals surface area contributed by atoms with E-state index in [0.29, 0.717) is 5.56 Å². The van der Waals surface area contributed by atoms with Crippen LogP contribution in [0.5, 0.6) is 0 Å². The van der Waals surface area contributed by atoms with Crippen molar-refractivity contribution in [1.82, 2.24) is 4.98 Å². The van der Waals surface area contributed by atoms with Gasteiger partial charge in [0.05, 0.1) is 5.56 Å². The Morgan fingerprint density at radius 3 is 2.22 bits per heavy atom. The highest BCUT2D eigenvalue weighted by Gasteiger charge is 2.52. The third-order valence-electron chi connectivity index (χ3n) is 6.85. The molecule has 4 bridgehead atoms. The van der Waals surface area contributed by atoms with Gasteiger partial charge in [-0.15, -0.1) is 11.8 Å². The van der Waals surface area contributed by atoms with Gasteiger partial charge in [-0.05, 0) is 86.1 Å². The van der Waals surface area contributed by atoms with Crippen molar-refractivity contribution in [3.63, 3.8) is 0 Å². The molecule has 0 amide bonds. The van der Waals surface area contributed by atoms with Crippen LogP contribution in [0.25, 0.3) is 0 Å². The average Bonchev–Trinajstić information content (AvgIpc) is 2.66. The fourth-order valence-electron chi connectivity index (χ4n) is 6.09. The van der Waals surface area contributed by atoms with Gasteiger partial charge in [0.15, 0.2) is 0 Å². The number of pyridine rings is 1. The van der Waals surface area contributed by atoms with Crippen LogP contribution >= 0.6 is 27.7 Å². The van der Waals surface area contributed by atoms with Gasteiger partial charge in [0.1, 0.15) is 11.1 Å². The molecule has 4 aliphatic carbocycles. The maximum Gasteiger partial charge on any atom is 0.114 e. The van der Waals surface area contributed by atoms with Crippen LogP contribution in [-0.2, 0) is 11.2 Å². The van der Waals surface area contributed by atoms with Gasteiger partial charge in [-0.3, -0.25) is 0 Å². The summed E-state index contributed by atoms with van der Waals surface area (Å²) >= 11 is 5.19. The minimum Gasteiger partial charge on any atom is -0.245 e. The van der Waals surface area contributed by atoms with Gasteiger partial charge in [0.25, 0.3) is 0 Å². The van der Waals surface area contributed by atoms with Crippen molar-refractivity contribution in [3.05, 3.63) is 57.7 Å². The van der Waals surface area contributed by atoms with Crippen LogP contribution in [0.4, 0.5) is 0 Å². The van der Waals surface area contributed by atoms with E-state index in [4.69, 9.17) is 4.98 Å². The molecule has 2 aromatic rings. The van der Waals surface area contributed by atoms with Crippen LogP contribution in [0.2, 0.25) is 0 Å². The van der Waals surface area contributed by atoms with E-state index in [0.717, 1.165) is 33.0 Å². The molecule has 0 atom stereocenters. The van der Waals surface area contributed by atoms with E-state index in [-0.39, 0.29) is 5.41 Å². The summed E-state index contributed by atoms with van der Waals surface area (Å²) in [6.07, 6.45) is 8.28. The second kappa shape index (κ2) is 6.94. The molecule has 4 saturated carbocycles. The number of hydrogen-bond donors (Lipinski definition) is 0. The topological polar surface area (TPSA) is 36.7 Å². The van der Waals surface area contributed by atoms with Gasteiger partial charge in [-0.1, -0.05) is 28.1 Å². The van der Waals surface area contributed by atoms with Crippen LogP contribution in [0.15, 0.2) is 45.9 Å². The smallest absolute Gasteiger partial charge is 0.114 e. The van der Waals surface area contributed by atoms with E-state index in [9.17, 15) is 5.26 Å².